The van der Waals surface area contributed by atoms with Crippen molar-refractivity contribution in [2.45, 2.75) is 32.2 Å². The average molecular weight is 276 g/mol. The van der Waals surface area contributed by atoms with E-state index in [9.17, 15) is 4.79 Å². The number of carbonyl (C=O) groups is 1. The van der Waals surface area contributed by atoms with Gasteiger partial charge in [0, 0.05) is 13.1 Å². The van der Waals surface area contributed by atoms with Crippen LogP contribution in [0.5, 0.6) is 0 Å². The first-order valence-corrected chi connectivity index (χ1v) is 7.51. The number of rotatable bonds is 6. The average Bonchev–Trinajstić information content (AvgIpc) is 2.52. The number of benzene rings is 1. The van der Waals surface area contributed by atoms with Gasteiger partial charge in [-0.2, -0.15) is 0 Å². The summed E-state index contributed by atoms with van der Waals surface area (Å²) in [4.78, 5) is 14.0. The lowest BCUT2D eigenvalue weighted by Crippen LogP contribution is -2.31. The Labute approximate surface area is 121 Å². The van der Waals surface area contributed by atoms with Crippen molar-refractivity contribution in [1.82, 2.24) is 10.2 Å². The summed E-state index contributed by atoms with van der Waals surface area (Å²) in [5, 5.41) is 2.76. The number of amides is 1. The van der Waals surface area contributed by atoms with E-state index in [2.05, 4.69) is 10.2 Å². The molecule has 0 unspecified atom stereocenters. The van der Waals surface area contributed by atoms with Crippen molar-refractivity contribution >= 4 is 6.09 Å². The minimum absolute atomic E-state index is 0.326. The first kappa shape index (κ1) is 14.9. The summed E-state index contributed by atoms with van der Waals surface area (Å²) in [5.74, 6) is 0. The SMILES string of the molecule is O=C(NCc1ccccc1)OCCCN1CCCCC1. The monoisotopic (exact) mass is 276 g/mol. The molecule has 4 nitrogen and oxygen atoms in total. The molecule has 0 aliphatic carbocycles. The van der Waals surface area contributed by atoms with E-state index in [-0.39, 0.29) is 6.09 Å². The van der Waals surface area contributed by atoms with Gasteiger partial charge in [-0.25, -0.2) is 4.79 Å². The Morgan fingerprint density at radius 3 is 2.65 bits per heavy atom. The van der Waals surface area contributed by atoms with Crippen LogP contribution in [-0.4, -0.2) is 37.2 Å². The standard InChI is InChI=1S/C16H24N2O2/c19-16(17-14-15-8-3-1-4-9-15)20-13-7-12-18-10-5-2-6-11-18/h1,3-4,8-9H,2,5-7,10-14H2,(H,17,19). The molecular formula is C16H24N2O2. The van der Waals surface area contributed by atoms with Crippen LogP contribution in [0, 0.1) is 0 Å². The molecule has 0 saturated carbocycles. The molecule has 1 N–H and O–H groups in total. The van der Waals surface area contributed by atoms with Crippen LogP contribution in [0.25, 0.3) is 0 Å². The highest BCUT2D eigenvalue weighted by Gasteiger charge is 2.09. The van der Waals surface area contributed by atoms with Crippen molar-refractivity contribution < 1.29 is 9.53 Å². The fourth-order valence-corrected chi connectivity index (χ4v) is 2.46. The van der Waals surface area contributed by atoms with E-state index in [1.165, 1.54) is 32.4 Å². The molecule has 110 valence electrons. The summed E-state index contributed by atoms with van der Waals surface area (Å²) >= 11 is 0. The Morgan fingerprint density at radius 1 is 1.15 bits per heavy atom. The second-order valence-electron chi connectivity index (χ2n) is 5.23. The van der Waals surface area contributed by atoms with E-state index in [0.29, 0.717) is 13.2 Å². The van der Waals surface area contributed by atoms with Crippen molar-refractivity contribution in [2.24, 2.45) is 0 Å². The number of nitrogens with zero attached hydrogens (tertiary/aromatic N) is 1. The van der Waals surface area contributed by atoms with Crippen molar-refractivity contribution in [3.05, 3.63) is 35.9 Å². The van der Waals surface area contributed by atoms with E-state index in [1.54, 1.807) is 0 Å². The van der Waals surface area contributed by atoms with Gasteiger partial charge in [0.15, 0.2) is 0 Å². The molecule has 0 bridgehead atoms. The number of hydrogen-bond donors (Lipinski definition) is 1. The second-order valence-corrected chi connectivity index (χ2v) is 5.23. The lowest BCUT2D eigenvalue weighted by molar-refractivity contribution is 0.135. The Morgan fingerprint density at radius 2 is 1.90 bits per heavy atom. The number of nitrogens with one attached hydrogen (secondary N) is 1. The fraction of sp³-hybridized carbons (Fsp3) is 0.562. The van der Waals surface area contributed by atoms with Gasteiger partial charge >= 0.3 is 6.09 Å². The molecule has 0 spiro atoms. The molecule has 1 aliphatic heterocycles. The minimum Gasteiger partial charge on any atom is -0.450 e. The third kappa shape index (κ3) is 5.61. The molecule has 1 amide bonds. The number of hydrogen-bond acceptors (Lipinski definition) is 3. The summed E-state index contributed by atoms with van der Waals surface area (Å²) in [6.45, 7) is 4.44. The van der Waals surface area contributed by atoms with Gasteiger partial charge in [0.05, 0.1) is 6.61 Å². The van der Waals surface area contributed by atoms with Gasteiger partial charge in [-0.05, 0) is 37.9 Å². The van der Waals surface area contributed by atoms with Crippen molar-refractivity contribution in [1.29, 1.82) is 0 Å². The maximum absolute atomic E-state index is 11.5. The molecule has 1 aromatic carbocycles. The van der Waals surface area contributed by atoms with Gasteiger partial charge in [0.1, 0.15) is 0 Å². The Bertz CT molecular complexity index is 389. The Balaban J connectivity index is 1.51. The predicted octanol–water partition coefficient (Wildman–Crippen LogP) is 2.79. The van der Waals surface area contributed by atoms with E-state index in [4.69, 9.17) is 4.74 Å². The Hall–Kier alpha value is -1.55. The minimum atomic E-state index is -0.326. The second kappa shape index (κ2) is 8.59. The summed E-state index contributed by atoms with van der Waals surface area (Å²) < 4.78 is 5.18. The molecule has 1 fully saturated rings. The fourth-order valence-electron chi connectivity index (χ4n) is 2.46. The number of ether oxygens (including phenoxy) is 1. The Kier molecular flexibility index (Phi) is 6.38. The van der Waals surface area contributed by atoms with Crippen molar-refractivity contribution in [2.75, 3.05) is 26.2 Å². The first-order chi connectivity index (χ1) is 9.84. The number of piperidine rings is 1. The van der Waals surface area contributed by atoms with Crippen molar-refractivity contribution in [3.63, 3.8) is 0 Å². The highest BCUT2D eigenvalue weighted by Crippen LogP contribution is 2.08. The third-order valence-corrected chi connectivity index (χ3v) is 3.58. The van der Waals surface area contributed by atoms with Crippen LogP contribution in [0.15, 0.2) is 30.3 Å². The molecule has 0 radical (unpaired) electrons. The summed E-state index contributed by atoms with van der Waals surface area (Å²) in [6, 6.07) is 9.84. The van der Waals surface area contributed by atoms with Crippen molar-refractivity contribution in [3.8, 4) is 0 Å². The molecule has 2 rings (SSSR count). The molecule has 1 aromatic rings. The maximum Gasteiger partial charge on any atom is 0.407 e. The number of alkyl carbamates (subject to hydrolysis) is 1. The number of likely N-dealkylation sites (tertiary alicyclic amines) is 1. The van der Waals surface area contributed by atoms with E-state index < -0.39 is 0 Å². The lowest BCUT2D eigenvalue weighted by Gasteiger charge is -2.26. The number of carbonyl (C=O) groups excluding carboxylic acids is 1. The topological polar surface area (TPSA) is 41.6 Å². The molecule has 0 aromatic heterocycles. The van der Waals surface area contributed by atoms with E-state index in [0.717, 1.165) is 18.5 Å². The van der Waals surface area contributed by atoms with Gasteiger partial charge in [0.25, 0.3) is 0 Å². The molecule has 0 atom stereocenters. The van der Waals surface area contributed by atoms with Crippen LogP contribution in [0.4, 0.5) is 4.79 Å². The highest BCUT2D eigenvalue weighted by atomic mass is 16.5. The maximum atomic E-state index is 11.5. The van der Waals surface area contributed by atoms with Crippen LogP contribution in [-0.2, 0) is 11.3 Å². The zero-order valence-electron chi connectivity index (χ0n) is 12.0. The van der Waals surface area contributed by atoms with E-state index >= 15 is 0 Å². The van der Waals surface area contributed by atoms with Crippen LogP contribution >= 0.6 is 0 Å². The molecule has 4 heteroatoms. The third-order valence-electron chi connectivity index (χ3n) is 3.58. The predicted molar refractivity (Wildman–Crippen MR) is 79.5 cm³/mol. The van der Waals surface area contributed by atoms with Gasteiger partial charge < -0.3 is 15.0 Å². The van der Waals surface area contributed by atoms with Crippen LogP contribution in [0.3, 0.4) is 0 Å². The van der Waals surface area contributed by atoms with Gasteiger partial charge in [-0.3, -0.25) is 0 Å². The molecule has 20 heavy (non-hydrogen) atoms. The van der Waals surface area contributed by atoms with Gasteiger partial charge in [-0.15, -0.1) is 0 Å². The largest absolute Gasteiger partial charge is 0.450 e. The lowest BCUT2D eigenvalue weighted by atomic mass is 10.1. The summed E-state index contributed by atoms with van der Waals surface area (Å²) in [6.07, 6.45) is 4.55. The molecule has 1 heterocycles. The normalized spacial score (nSPS) is 15.8. The van der Waals surface area contributed by atoms with E-state index in [1.807, 2.05) is 30.3 Å². The quantitative estimate of drug-likeness (QED) is 0.812. The first-order valence-electron chi connectivity index (χ1n) is 7.51. The highest BCUT2D eigenvalue weighted by molar-refractivity contribution is 5.67. The van der Waals surface area contributed by atoms with Crippen LogP contribution in [0.1, 0.15) is 31.2 Å². The van der Waals surface area contributed by atoms with Crippen LogP contribution < -0.4 is 5.32 Å². The molecular weight excluding hydrogens is 252 g/mol. The summed E-state index contributed by atoms with van der Waals surface area (Å²) in [7, 11) is 0. The van der Waals surface area contributed by atoms with Crippen LogP contribution in [0.2, 0.25) is 0 Å². The van der Waals surface area contributed by atoms with Gasteiger partial charge in [0.2, 0.25) is 0 Å². The zero-order valence-corrected chi connectivity index (χ0v) is 12.0. The zero-order chi connectivity index (χ0) is 14.0. The molecule has 1 saturated heterocycles. The van der Waals surface area contributed by atoms with Gasteiger partial charge in [-0.1, -0.05) is 36.8 Å². The molecule has 1 aliphatic rings. The smallest absolute Gasteiger partial charge is 0.407 e. The summed E-state index contributed by atoms with van der Waals surface area (Å²) in [5.41, 5.74) is 1.08.